The number of hydrogen-bond acceptors (Lipinski definition) is 4. The first kappa shape index (κ1) is 36.5. The van der Waals surface area contributed by atoms with Crippen molar-refractivity contribution in [2.24, 2.45) is 0 Å². The molecule has 5 nitrogen and oxygen atoms in total. The van der Waals surface area contributed by atoms with Gasteiger partial charge in [-0.1, -0.05) is 182 Å². The number of hydrogen-bond donors (Lipinski definition) is 0. The molecular formula is C57H35N5. The topological polar surface area (TPSA) is 55.9 Å². The molecule has 11 rings (SSSR count). The van der Waals surface area contributed by atoms with Gasteiger partial charge < -0.3 is 0 Å². The second-order valence-corrected chi connectivity index (χ2v) is 15.3. The molecule has 0 aliphatic carbocycles. The predicted octanol–water partition coefficient (Wildman–Crippen LogP) is 14.9. The van der Waals surface area contributed by atoms with Crippen LogP contribution in [0.15, 0.2) is 212 Å². The second-order valence-electron chi connectivity index (χ2n) is 15.3. The Hall–Kier alpha value is -8.59. The molecule has 0 N–H and O–H groups in total. The van der Waals surface area contributed by atoms with E-state index in [0.29, 0.717) is 23.2 Å². The Morgan fingerprint density at radius 3 is 1.42 bits per heavy atom. The van der Waals surface area contributed by atoms with Gasteiger partial charge in [0.15, 0.2) is 23.2 Å². The van der Waals surface area contributed by atoms with Crippen LogP contribution in [0.4, 0.5) is 5.69 Å². The van der Waals surface area contributed by atoms with Crippen LogP contribution in [-0.4, -0.2) is 19.9 Å². The lowest BCUT2D eigenvalue weighted by molar-refractivity contribution is 1.07. The van der Waals surface area contributed by atoms with Gasteiger partial charge in [0, 0.05) is 33.8 Å². The maximum Gasteiger partial charge on any atom is 0.187 e. The van der Waals surface area contributed by atoms with Crippen molar-refractivity contribution in [1.29, 1.82) is 0 Å². The zero-order valence-electron chi connectivity index (χ0n) is 33.4. The average Bonchev–Trinajstić information content (AvgIpc) is 3.36. The quantitative estimate of drug-likeness (QED) is 0.119. The molecule has 0 saturated heterocycles. The molecule has 0 atom stereocenters. The third-order valence-electron chi connectivity index (χ3n) is 11.6. The van der Waals surface area contributed by atoms with E-state index in [-0.39, 0.29) is 0 Å². The Morgan fingerprint density at radius 1 is 0.306 bits per heavy atom. The lowest BCUT2D eigenvalue weighted by atomic mass is 9.88. The molecule has 0 bridgehead atoms. The van der Waals surface area contributed by atoms with Crippen LogP contribution in [0.25, 0.3) is 116 Å². The predicted molar refractivity (Wildman–Crippen MR) is 254 cm³/mol. The van der Waals surface area contributed by atoms with Crippen LogP contribution < -0.4 is 0 Å². The van der Waals surface area contributed by atoms with Gasteiger partial charge in [0.25, 0.3) is 0 Å². The van der Waals surface area contributed by atoms with Crippen LogP contribution in [0.3, 0.4) is 0 Å². The van der Waals surface area contributed by atoms with Gasteiger partial charge in [0.05, 0.1) is 12.1 Å². The van der Waals surface area contributed by atoms with Gasteiger partial charge in [-0.15, -0.1) is 0 Å². The summed E-state index contributed by atoms with van der Waals surface area (Å²) in [6.07, 6.45) is 1.88. The average molecular weight is 790 g/mol. The van der Waals surface area contributed by atoms with Gasteiger partial charge >= 0.3 is 0 Å². The van der Waals surface area contributed by atoms with Crippen LogP contribution in [0.1, 0.15) is 0 Å². The summed E-state index contributed by atoms with van der Waals surface area (Å²) >= 11 is 0. The highest BCUT2D eigenvalue weighted by Crippen LogP contribution is 2.42. The molecule has 0 fully saturated rings. The SMILES string of the molecule is [C-]#[N+]c1ccc(-c2ccc(-c3cc4c5cccnc5c(-c5cccc(-c6nc(-c7ccccc7)nc(-c7ccc(-c8ccccc8)cc7)n6)c5)cc4c4ccccc34)cc2)cc1. The van der Waals surface area contributed by atoms with Crippen molar-refractivity contribution < 1.29 is 0 Å². The van der Waals surface area contributed by atoms with Gasteiger partial charge in [-0.2, -0.15) is 0 Å². The molecule has 0 aliphatic heterocycles. The first-order chi connectivity index (χ1) is 30.7. The molecule has 9 aromatic carbocycles. The largest absolute Gasteiger partial charge is 0.256 e. The Labute approximate surface area is 359 Å². The Morgan fingerprint density at radius 2 is 0.758 bits per heavy atom. The molecule has 0 saturated carbocycles. The molecule has 0 unspecified atom stereocenters. The van der Waals surface area contributed by atoms with E-state index in [4.69, 9.17) is 26.5 Å². The van der Waals surface area contributed by atoms with Crippen LogP contribution in [0.5, 0.6) is 0 Å². The molecule has 0 aliphatic rings. The smallest absolute Gasteiger partial charge is 0.187 e. The van der Waals surface area contributed by atoms with Crippen molar-refractivity contribution in [2.45, 2.75) is 0 Å². The molecule has 11 aromatic rings. The molecule has 2 heterocycles. The number of pyridine rings is 1. The lowest BCUT2D eigenvalue weighted by Gasteiger charge is -2.16. The van der Waals surface area contributed by atoms with E-state index in [1.807, 2.05) is 72.9 Å². The normalized spacial score (nSPS) is 11.2. The van der Waals surface area contributed by atoms with Gasteiger partial charge in [0.2, 0.25) is 0 Å². The Bertz CT molecular complexity index is 3490. The molecule has 2 aromatic heterocycles. The third kappa shape index (κ3) is 6.72. The standard InChI is InChI=1S/C57H35N5/c1-58-46-31-29-40(30-32-46)39-21-25-41(26-22-39)50-35-53-49-20-11-33-59-54(49)51(36-52(53)48-19-9-8-18-47(48)50)44-16-10-17-45(34-44)57-61-55(42-14-6-3-7-15-42)60-56(62-57)43-27-23-38(24-28-43)37-12-4-2-5-13-37/h2-36H. The minimum absolute atomic E-state index is 0.599. The summed E-state index contributed by atoms with van der Waals surface area (Å²) in [6, 6.07) is 71.3. The summed E-state index contributed by atoms with van der Waals surface area (Å²) in [6.45, 7) is 7.31. The van der Waals surface area contributed by atoms with Crippen molar-refractivity contribution in [3.63, 3.8) is 0 Å². The highest BCUT2D eigenvalue weighted by Gasteiger charge is 2.18. The monoisotopic (exact) mass is 789 g/mol. The second kappa shape index (κ2) is 15.5. The zero-order chi connectivity index (χ0) is 41.4. The van der Waals surface area contributed by atoms with Crippen LogP contribution in [0.2, 0.25) is 0 Å². The van der Waals surface area contributed by atoms with E-state index in [1.165, 1.54) is 10.8 Å². The molecule has 0 radical (unpaired) electrons. The molecule has 5 heteroatoms. The van der Waals surface area contributed by atoms with E-state index < -0.39 is 0 Å². The van der Waals surface area contributed by atoms with Crippen LogP contribution >= 0.6 is 0 Å². The van der Waals surface area contributed by atoms with Crippen molar-refractivity contribution in [3.05, 3.63) is 224 Å². The fourth-order valence-corrected chi connectivity index (χ4v) is 8.47. The van der Waals surface area contributed by atoms with Crippen LogP contribution in [0, 0.1) is 6.57 Å². The maximum atomic E-state index is 7.31. The van der Waals surface area contributed by atoms with Crippen molar-refractivity contribution in [3.8, 4) is 78.7 Å². The summed E-state index contributed by atoms with van der Waals surface area (Å²) in [4.78, 5) is 23.8. The number of fused-ring (bicyclic) bond motifs is 5. The van der Waals surface area contributed by atoms with E-state index in [9.17, 15) is 0 Å². The number of benzene rings is 9. The summed E-state index contributed by atoms with van der Waals surface area (Å²) in [5, 5.41) is 5.75. The molecule has 0 amide bonds. The fraction of sp³-hybridized carbons (Fsp3) is 0. The van der Waals surface area contributed by atoms with Crippen molar-refractivity contribution in [2.75, 3.05) is 0 Å². The summed E-state index contributed by atoms with van der Waals surface area (Å²) in [7, 11) is 0. The first-order valence-electron chi connectivity index (χ1n) is 20.6. The highest BCUT2D eigenvalue weighted by atomic mass is 15.0. The van der Waals surface area contributed by atoms with Gasteiger partial charge in [0.1, 0.15) is 0 Å². The van der Waals surface area contributed by atoms with Crippen LogP contribution in [-0.2, 0) is 0 Å². The van der Waals surface area contributed by atoms with E-state index in [1.54, 1.807) is 0 Å². The highest BCUT2D eigenvalue weighted by molar-refractivity contribution is 6.23. The first-order valence-corrected chi connectivity index (χ1v) is 20.6. The summed E-state index contributed by atoms with van der Waals surface area (Å²) in [5.74, 6) is 1.83. The van der Waals surface area contributed by atoms with Crippen molar-refractivity contribution >= 4 is 38.1 Å². The Balaban J connectivity index is 1.03. The fourth-order valence-electron chi connectivity index (χ4n) is 8.47. The summed E-state index contributed by atoms with van der Waals surface area (Å²) < 4.78 is 0. The molecule has 0 spiro atoms. The number of rotatable bonds is 7. The number of nitrogens with zero attached hydrogens (tertiary/aromatic N) is 5. The van der Waals surface area contributed by atoms with Crippen molar-refractivity contribution in [1.82, 2.24) is 19.9 Å². The van der Waals surface area contributed by atoms with E-state index in [0.717, 1.165) is 82.9 Å². The summed E-state index contributed by atoms with van der Waals surface area (Å²) in [5.41, 5.74) is 13.2. The van der Waals surface area contributed by atoms with E-state index >= 15 is 0 Å². The minimum atomic E-state index is 0.599. The van der Waals surface area contributed by atoms with Gasteiger partial charge in [-0.3, -0.25) is 4.98 Å². The number of aromatic nitrogens is 4. The lowest BCUT2D eigenvalue weighted by Crippen LogP contribution is -2.00. The zero-order valence-corrected chi connectivity index (χ0v) is 33.4. The molecule has 62 heavy (non-hydrogen) atoms. The molecular weight excluding hydrogens is 755 g/mol. The Kier molecular flexibility index (Phi) is 9.15. The minimum Gasteiger partial charge on any atom is -0.256 e. The van der Waals surface area contributed by atoms with E-state index in [2.05, 4.69) is 144 Å². The van der Waals surface area contributed by atoms with Gasteiger partial charge in [-0.05, 0) is 84.8 Å². The van der Waals surface area contributed by atoms with Gasteiger partial charge in [-0.25, -0.2) is 19.8 Å². The molecule has 288 valence electrons. The third-order valence-corrected chi connectivity index (χ3v) is 11.6. The maximum absolute atomic E-state index is 7.31.